The van der Waals surface area contributed by atoms with Gasteiger partial charge in [-0.2, -0.15) is 0 Å². The molecule has 0 atom stereocenters. The van der Waals surface area contributed by atoms with Crippen LogP contribution in [0.5, 0.6) is 0 Å². The lowest BCUT2D eigenvalue weighted by Crippen LogP contribution is -2.46. The van der Waals surface area contributed by atoms with E-state index in [1.807, 2.05) is 12.3 Å². The van der Waals surface area contributed by atoms with Gasteiger partial charge >= 0.3 is 5.97 Å². The van der Waals surface area contributed by atoms with Crippen LogP contribution < -0.4 is 0 Å². The summed E-state index contributed by atoms with van der Waals surface area (Å²) in [5.74, 6) is -0.127. The second kappa shape index (κ2) is 7.21. The van der Waals surface area contributed by atoms with Crippen molar-refractivity contribution < 1.29 is 9.53 Å². The molecule has 0 amide bonds. The van der Waals surface area contributed by atoms with Gasteiger partial charge in [0, 0.05) is 51.7 Å². The summed E-state index contributed by atoms with van der Waals surface area (Å²) in [5.41, 5.74) is 1.26. The van der Waals surface area contributed by atoms with Gasteiger partial charge in [-0.3, -0.25) is 14.7 Å². The van der Waals surface area contributed by atoms with Crippen molar-refractivity contribution in [3.8, 4) is 0 Å². The normalized spacial score (nSPS) is 17.3. The van der Waals surface area contributed by atoms with Gasteiger partial charge in [0.15, 0.2) is 0 Å². The predicted molar refractivity (Wildman–Crippen MR) is 72.6 cm³/mol. The van der Waals surface area contributed by atoms with Gasteiger partial charge in [0.25, 0.3) is 0 Å². The van der Waals surface area contributed by atoms with E-state index in [1.54, 1.807) is 6.20 Å². The van der Waals surface area contributed by atoms with Gasteiger partial charge < -0.3 is 9.64 Å². The predicted octanol–water partition coefficient (Wildman–Crippen LogP) is 0.762. The summed E-state index contributed by atoms with van der Waals surface area (Å²) in [6, 6.07) is 4.08. The highest BCUT2D eigenvalue weighted by Gasteiger charge is 2.17. The van der Waals surface area contributed by atoms with E-state index in [4.69, 9.17) is 0 Å². The lowest BCUT2D eigenvalue weighted by molar-refractivity contribution is -0.141. The molecule has 0 N–H and O–H groups in total. The lowest BCUT2D eigenvalue weighted by Gasteiger charge is -2.34. The average molecular weight is 263 g/mol. The number of piperazine rings is 1. The molecule has 5 heteroatoms. The first kappa shape index (κ1) is 14.0. The molecular formula is C14H21N3O2. The van der Waals surface area contributed by atoms with Crippen molar-refractivity contribution in [3.63, 3.8) is 0 Å². The Balaban J connectivity index is 1.69. The van der Waals surface area contributed by atoms with Gasteiger partial charge in [0.1, 0.15) is 0 Å². The molecule has 19 heavy (non-hydrogen) atoms. The summed E-state index contributed by atoms with van der Waals surface area (Å²) < 4.78 is 4.66. The third-order valence-electron chi connectivity index (χ3n) is 3.45. The van der Waals surface area contributed by atoms with E-state index in [9.17, 15) is 4.79 Å². The molecule has 0 spiro atoms. The first-order valence-corrected chi connectivity index (χ1v) is 6.68. The van der Waals surface area contributed by atoms with Crippen molar-refractivity contribution >= 4 is 5.97 Å². The Morgan fingerprint density at radius 3 is 2.68 bits per heavy atom. The number of hydrogen-bond donors (Lipinski definition) is 0. The van der Waals surface area contributed by atoms with E-state index >= 15 is 0 Å². The number of carbonyl (C=O) groups excluding carboxylic acids is 1. The number of ether oxygens (including phenoxy) is 1. The zero-order valence-corrected chi connectivity index (χ0v) is 11.4. The fraction of sp³-hybridized carbons (Fsp3) is 0.571. The Morgan fingerprint density at radius 2 is 2.05 bits per heavy atom. The zero-order valence-electron chi connectivity index (χ0n) is 11.4. The van der Waals surface area contributed by atoms with Crippen LogP contribution in [0.4, 0.5) is 0 Å². The van der Waals surface area contributed by atoms with E-state index in [0.717, 1.165) is 39.3 Å². The Morgan fingerprint density at radius 1 is 1.32 bits per heavy atom. The number of hydrogen-bond acceptors (Lipinski definition) is 5. The van der Waals surface area contributed by atoms with E-state index in [2.05, 4.69) is 25.6 Å². The van der Waals surface area contributed by atoms with E-state index in [1.165, 1.54) is 12.7 Å². The van der Waals surface area contributed by atoms with Gasteiger partial charge in [-0.15, -0.1) is 0 Å². The van der Waals surface area contributed by atoms with Gasteiger partial charge in [-0.25, -0.2) is 0 Å². The van der Waals surface area contributed by atoms with Crippen molar-refractivity contribution in [2.24, 2.45) is 0 Å². The van der Waals surface area contributed by atoms with E-state index in [-0.39, 0.29) is 5.97 Å². The van der Waals surface area contributed by atoms with Crippen LogP contribution in [0.1, 0.15) is 12.0 Å². The highest BCUT2D eigenvalue weighted by atomic mass is 16.5. The first-order valence-electron chi connectivity index (χ1n) is 6.68. The number of rotatable bonds is 5. The van der Waals surface area contributed by atoms with Crippen molar-refractivity contribution in [1.82, 2.24) is 14.8 Å². The minimum atomic E-state index is -0.127. The Bertz CT molecular complexity index is 389. The highest BCUT2D eigenvalue weighted by Crippen LogP contribution is 2.07. The summed E-state index contributed by atoms with van der Waals surface area (Å²) in [4.78, 5) is 20.0. The topological polar surface area (TPSA) is 45.7 Å². The molecule has 1 aliphatic heterocycles. The molecule has 104 valence electrons. The van der Waals surface area contributed by atoms with Crippen molar-refractivity contribution in [3.05, 3.63) is 30.1 Å². The van der Waals surface area contributed by atoms with Crippen LogP contribution in [0.15, 0.2) is 24.5 Å². The van der Waals surface area contributed by atoms with Crippen molar-refractivity contribution in [2.75, 3.05) is 39.8 Å². The maximum atomic E-state index is 11.1. The molecule has 0 unspecified atom stereocenters. The summed E-state index contributed by atoms with van der Waals surface area (Å²) in [7, 11) is 1.44. The Labute approximate surface area is 114 Å². The smallest absolute Gasteiger partial charge is 0.306 e. The molecule has 0 aliphatic carbocycles. The molecule has 0 saturated carbocycles. The first-order chi connectivity index (χ1) is 9.28. The number of pyridine rings is 1. The van der Waals surface area contributed by atoms with Crippen LogP contribution in [0.3, 0.4) is 0 Å². The summed E-state index contributed by atoms with van der Waals surface area (Å²) in [5, 5.41) is 0. The molecule has 1 saturated heterocycles. The van der Waals surface area contributed by atoms with Gasteiger partial charge in [0.2, 0.25) is 0 Å². The molecular weight excluding hydrogens is 242 g/mol. The van der Waals surface area contributed by atoms with Crippen LogP contribution in [0.2, 0.25) is 0 Å². The average Bonchev–Trinajstić information content (AvgIpc) is 2.47. The van der Waals surface area contributed by atoms with Crippen LogP contribution in [-0.2, 0) is 16.1 Å². The zero-order chi connectivity index (χ0) is 13.5. The molecule has 1 aromatic rings. The summed E-state index contributed by atoms with van der Waals surface area (Å²) >= 11 is 0. The van der Waals surface area contributed by atoms with Gasteiger partial charge in [-0.05, 0) is 11.6 Å². The molecule has 2 rings (SSSR count). The quantitative estimate of drug-likeness (QED) is 0.734. The second-order valence-electron chi connectivity index (χ2n) is 4.81. The van der Waals surface area contributed by atoms with Crippen molar-refractivity contribution in [1.29, 1.82) is 0 Å². The third-order valence-corrected chi connectivity index (χ3v) is 3.45. The van der Waals surface area contributed by atoms with Crippen LogP contribution in [0.25, 0.3) is 0 Å². The molecule has 0 bridgehead atoms. The fourth-order valence-corrected chi connectivity index (χ4v) is 2.27. The third kappa shape index (κ3) is 4.61. The number of esters is 1. The highest BCUT2D eigenvalue weighted by molar-refractivity contribution is 5.69. The molecule has 1 aliphatic rings. The van der Waals surface area contributed by atoms with Crippen molar-refractivity contribution in [2.45, 2.75) is 13.0 Å². The fourth-order valence-electron chi connectivity index (χ4n) is 2.27. The van der Waals surface area contributed by atoms with Crippen LogP contribution in [-0.4, -0.2) is 60.6 Å². The minimum absolute atomic E-state index is 0.127. The van der Waals surface area contributed by atoms with Crippen LogP contribution in [0, 0.1) is 0 Å². The number of aromatic nitrogens is 1. The summed E-state index contributed by atoms with van der Waals surface area (Å²) in [6.07, 6.45) is 4.21. The maximum absolute atomic E-state index is 11.1. The Hall–Kier alpha value is -1.46. The Kier molecular flexibility index (Phi) is 5.30. The molecule has 5 nitrogen and oxygen atoms in total. The largest absolute Gasteiger partial charge is 0.469 e. The molecule has 2 heterocycles. The standard InChI is InChI=1S/C14H21N3O2/c1-19-14(18)4-6-16-7-9-17(10-8-16)12-13-3-2-5-15-11-13/h2-3,5,11H,4,6-10,12H2,1H3. The number of methoxy groups -OCH3 is 1. The minimum Gasteiger partial charge on any atom is -0.469 e. The number of carbonyl (C=O) groups is 1. The lowest BCUT2D eigenvalue weighted by atomic mass is 10.2. The van der Waals surface area contributed by atoms with Gasteiger partial charge in [0.05, 0.1) is 13.5 Å². The molecule has 1 fully saturated rings. The molecule has 0 aromatic carbocycles. The summed E-state index contributed by atoms with van der Waals surface area (Å²) in [6.45, 7) is 5.85. The SMILES string of the molecule is COC(=O)CCN1CCN(Cc2cccnc2)CC1. The van der Waals surface area contributed by atoms with Gasteiger partial charge in [-0.1, -0.05) is 6.07 Å². The monoisotopic (exact) mass is 263 g/mol. The molecule has 0 radical (unpaired) electrons. The number of nitrogens with zero attached hydrogens (tertiary/aromatic N) is 3. The van der Waals surface area contributed by atoms with E-state index in [0.29, 0.717) is 6.42 Å². The van der Waals surface area contributed by atoms with Crippen LogP contribution >= 0.6 is 0 Å². The molecule has 1 aromatic heterocycles. The van der Waals surface area contributed by atoms with E-state index < -0.39 is 0 Å². The maximum Gasteiger partial charge on any atom is 0.306 e. The second-order valence-corrected chi connectivity index (χ2v) is 4.81.